The normalized spacial score (nSPS) is 10.4. The third-order valence-electron chi connectivity index (χ3n) is 2.46. The first kappa shape index (κ1) is 13.1. The molecule has 0 heterocycles. The van der Waals surface area contributed by atoms with Gasteiger partial charge >= 0.3 is 5.97 Å². The second-order valence-corrected chi connectivity index (χ2v) is 4.86. The van der Waals surface area contributed by atoms with Gasteiger partial charge in [-0.05, 0) is 34.1 Å². The van der Waals surface area contributed by atoms with Gasteiger partial charge in [-0.25, -0.2) is 9.18 Å². The molecule has 0 aliphatic carbocycles. The standard InChI is InChI=1S/C13H7BrClFO2/c14-10-3-1-2-9(12(10)16)8-5-4-7(13(17)18)6-11(8)15/h1-6H,(H,17,18). The zero-order valence-corrected chi connectivity index (χ0v) is 11.3. The quantitative estimate of drug-likeness (QED) is 0.874. The van der Waals surface area contributed by atoms with Crippen molar-refractivity contribution in [1.29, 1.82) is 0 Å². The molecule has 1 N–H and O–H groups in total. The van der Waals surface area contributed by atoms with Gasteiger partial charge in [0, 0.05) is 16.1 Å². The molecule has 2 aromatic rings. The van der Waals surface area contributed by atoms with Gasteiger partial charge in [-0.1, -0.05) is 29.8 Å². The predicted molar refractivity (Wildman–Crippen MR) is 71.5 cm³/mol. The van der Waals surface area contributed by atoms with E-state index in [-0.39, 0.29) is 10.6 Å². The summed E-state index contributed by atoms with van der Waals surface area (Å²) in [6.45, 7) is 0. The molecule has 0 unspecified atom stereocenters. The first-order valence-corrected chi connectivity index (χ1v) is 6.15. The van der Waals surface area contributed by atoms with Crippen molar-refractivity contribution in [3.63, 3.8) is 0 Å². The summed E-state index contributed by atoms with van der Waals surface area (Å²) in [5.41, 5.74) is 0.853. The van der Waals surface area contributed by atoms with Crippen LogP contribution in [0, 0.1) is 5.82 Å². The SMILES string of the molecule is O=C(O)c1ccc(-c2cccc(Br)c2F)c(Cl)c1. The summed E-state index contributed by atoms with van der Waals surface area (Å²) in [4.78, 5) is 10.8. The second-order valence-electron chi connectivity index (χ2n) is 3.60. The summed E-state index contributed by atoms with van der Waals surface area (Å²) in [5, 5.41) is 9.03. The van der Waals surface area contributed by atoms with E-state index in [1.54, 1.807) is 18.2 Å². The summed E-state index contributed by atoms with van der Waals surface area (Å²) < 4.78 is 14.2. The van der Waals surface area contributed by atoms with E-state index in [2.05, 4.69) is 15.9 Å². The summed E-state index contributed by atoms with van der Waals surface area (Å²) in [7, 11) is 0. The van der Waals surface area contributed by atoms with Gasteiger partial charge in [0.05, 0.1) is 10.0 Å². The average Bonchev–Trinajstić information content (AvgIpc) is 2.33. The van der Waals surface area contributed by atoms with Crippen molar-refractivity contribution in [3.05, 3.63) is 57.3 Å². The molecule has 92 valence electrons. The first-order valence-electron chi connectivity index (χ1n) is 4.98. The van der Waals surface area contributed by atoms with Gasteiger partial charge in [-0.3, -0.25) is 0 Å². The average molecular weight is 330 g/mol. The number of carboxylic acid groups (broad SMARTS) is 1. The highest BCUT2D eigenvalue weighted by Gasteiger charge is 2.13. The molecule has 0 aromatic heterocycles. The van der Waals surface area contributed by atoms with Gasteiger partial charge in [0.2, 0.25) is 0 Å². The van der Waals surface area contributed by atoms with Crippen LogP contribution in [0.1, 0.15) is 10.4 Å². The monoisotopic (exact) mass is 328 g/mol. The molecule has 0 aliphatic heterocycles. The Morgan fingerprint density at radius 1 is 1.22 bits per heavy atom. The Labute approximate surface area is 116 Å². The topological polar surface area (TPSA) is 37.3 Å². The van der Waals surface area contributed by atoms with Gasteiger partial charge in [-0.2, -0.15) is 0 Å². The maximum Gasteiger partial charge on any atom is 0.335 e. The summed E-state index contributed by atoms with van der Waals surface area (Å²) >= 11 is 9.08. The molecule has 0 atom stereocenters. The van der Waals surface area contributed by atoms with E-state index in [9.17, 15) is 9.18 Å². The number of rotatable bonds is 2. The van der Waals surface area contributed by atoms with Crippen LogP contribution < -0.4 is 0 Å². The Kier molecular flexibility index (Phi) is 3.68. The maximum atomic E-state index is 13.9. The lowest BCUT2D eigenvalue weighted by atomic mass is 10.0. The minimum atomic E-state index is -1.07. The van der Waals surface area contributed by atoms with Crippen LogP contribution in [0.3, 0.4) is 0 Å². The van der Waals surface area contributed by atoms with Crippen LogP contribution in [0.25, 0.3) is 11.1 Å². The minimum Gasteiger partial charge on any atom is -0.478 e. The number of carbonyl (C=O) groups is 1. The lowest BCUT2D eigenvalue weighted by molar-refractivity contribution is 0.0697. The largest absolute Gasteiger partial charge is 0.478 e. The third kappa shape index (κ3) is 2.40. The maximum absolute atomic E-state index is 13.9. The molecule has 18 heavy (non-hydrogen) atoms. The van der Waals surface area contributed by atoms with Crippen LogP contribution in [-0.4, -0.2) is 11.1 Å². The Morgan fingerprint density at radius 3 is 2.56 bits per heavy atom. The molecule has 2 aromatic carbocycles. The van der Waals surface area contributed by atoms with Crippen molar-refractivity contribution in [2.75, 3.05) is 0 Å². The Balaban J connectivity index is 2.58. The summed E-state index contributed by atoms with van der Waals surface area (Å²) in [6.07, 6.45) is 0. The van der Waals surface area contributed by atoms with Crippen LogP contribution in [0.5, 0.6) is 0 Å². The zero-order valence-electron chi connectivity index (χ0n) is 8.95. The molecule has 0 fully saturated rings. The number of halogens is 3. The van der Waals surface area contributed by atoms with E-state index >= 15 is 0 Å². The number of benzene rings is 2. The van der Waals surface area contributed by atoms with E-state index in [1.807, 2.05) is 0 Å². The molecule has 0 spiro atoms. The van der Waals surface area contributed by atoms with Gasteiger partial charge in [0.25, 0.3) is 0 Å². The van der Waals surface area contributed by atoms with Crippen LogP contribution in [0.15, 0.2) is 40.9 Å². The fourth-order valence-electron chi connectivity index (χ4n) is 1.58. The van der Waals surface area contributed by atoms with E-state index in [1.165, 1.54) is 18.2 Å². The lowest BCUT2D eigenvalue weighted by Crippen LogP contribution is -1.96. The van der Waals surface area contributed by atoms with Gasteiger partial charge in [0.1, 0.15) is 5.82 Å². The Morgan fingerprint density at radius 2 is 1.94 bits per heavy atom. The summed E-state index contributed by atoms with van der Waals surface area (Å²) in [5.74, 6) is -1.50. The summed E-state index contributed by atoms with van der Waals surface area (Å²) in [6, 6.07) is 9.05. The second kappa shape index (κ2) is 5.08. The van der Waals surface area contributed by atoms with Crippen LogP contribution in [-0.2, 0) is 0 Å². The van der Waals surface area contributed by atoms with Crippen molar-refractivity contribution in [2.24, 2.45) is 0 Å². The Bertz CT molecular complexity index is 628. The van der Waals surface area contributed by atoms with E-state index in [0.717, 1.165) is 0 Å². The van der Waals surface area contributed by atoms with Gasteiger partial charge in [-0.15, -0.1) is 0 Å². The van der Waals surface area contributed by atoms with Crippen molar-refractivity contribution in [3.8, 4) is 11.1 Å². The van der Waals surface area contributed by atoms with Crippen molar-refractivity contribution in [1.82, 2.24) is 0 Å². The number of aromatic carboxylic acids is 1. The van der Waals surface area contributed by atoms with Gasteiger partial charge in [0.15, 0.2) is 0 Å². The van der Waals surface area contributed by atoms with Crippen molar-refractivity contribution in [2.45, 2.75) is 0 Å². The number of hydrogen-bond acceptors (Lipinski definition) is 1. The first-order chi connectivity index (χ1) is 8.50. The van der Waals surface area contributed by atoms with E-state index in [4.69, 9.17) is 16.7 Å². The third-order valence-corrected chi connectivity index (χ3v) is 3.38. The van der Waals surface area contributed by atoms with Crippen molar-refractivity contribution < 1.29 is 14.3 Å². The van der Waals surface area contributed by atoms with Gasteiger partial charge < -0.3 is 5.11 Å². The van der Waals surface area contributed by atoms with Crippen LogP contribution >= 0.6 is 27.5 Å². The lowest BCUT2D eigenvalue weighted by Gasteiger charge is -2.07. The smallest absolute Gasteiger partial charge is 0.335 e. The molecular weight excluding hydrogens is 322 g/mol. The molecule has 0 amide bonds. The number of carboxylic acids is 1. The molecule has 0 radical (unpaired) electrons. The Hall–Kier alpha value is -1.39. The fraction of sp³-hybridized carbons (Fsp3) is 0. The zero-order chi connectivity index (χ0) is 13.3. The molecular formula is C13H7BrClFO2. The molecule has 2 rings (SSSR count). The van der Waals surface area contributed by atoms with Crippen LogP contribution in [0.4, 0.5) is 4.39 Å². The fourth-order valence-corrected chi connectivity index (χ4v) is 2.23. The molecule has 0 bridgehead atoms. The minimum absolute atomic E-state index is 0.0687. The molecule has 0 saturated carbocycles. The highest BCUT2D eigenvalue weighted by atomic mass is 79.9. The molecule has 2 nitrogen and oxygen atoms in total. The molecule has 5 heteroatoms. The number of hydrogen-bond donors (Lipinski definition) is 1. The van der Waals surface area contributed by atoms with E-state index in [0.29, 0.717) is 15.6 Å². The highest BCUT2D eigenvalue weighted by Crippen LogP contribution is 2.33. The molecule has 0 aliphatic rings. The van der Waals surface area contributed by atoms with Crippen LogP contribution in [0.2, 0.25) is 5.02 Å². The molecule has 0 saturated heterocycles. The highest BCUT2D eigenvalue weighted by molar-refractivity contribution is 9.10. The predicted octanol–water partition coefficient (Wildman–Crippen LogP) is 4.61. The van der Waals surface area contributed by atoms with E-state index < -0.39 is 11.8 Å². The van der Waals surface area contributed by atoms with Crippen molar-refractivity contribution >= 4 is 33.5 Å².